The first-order valence-corrected chi connectivity index (χ1v) is 11.2. The highest BCUT2D eigenvalue weighted by atomic mass is 35.5. The maximum atomic E-state index is 6.49. The molecule has 8 heteroatoms. The van der Waals surface area contributed by atoms with E-state index in [0.717, 1.165) is 22.3 Å². The van der Waals surface area contributed by atoms with Crippen molar-refractivity contribution in [1.29, 1.82) is 0 Å². The Morgan fingerprint density at radius 1 is 0.882 bits per heavy atom. The first kappa shape index (κ1) is 22.1. The van der Waals surface area contributed by atoms with Gasteiger partial charge in [-0.3, -0.25) is 0 Å². The SMILES string of the molecule is COc1ccc(-c2cc(=NNc3ccc4ccccc4[nH+]3)c3cc(Cl)cc(Cl)c3o2)cc1OC. The van der Waals surface area contributed by atoms with Gasteiger partial charge in [-0.15, -0.1) is 5.43 Å². The average Bonchev–Trinajstić information content (AvgIpc) is 2.86. The number of H-pyrrole nitrogens is 1. The van der Waals surface area contributed by atoms with Crippen molar-refractivity contribution >= 4 is 50.9 Å². The van der Waals surface area contributed by atoms with Gasteiger partial charge in [-0.1, -0.05) is 46.5 Å². The molecule has 2 heterocycles. The van der Waals surface area contributed by atoms with Gasteiger partial charge in [0, 0.05) is 33.5 Å². The van der Waals surface area contributed by atoms with Crippen LogP contribution in [0.2, 0.25) is 10.0 Å². The van der Waals surface area contributed by atoms with E-state index in [-0.39, 0.29) is 0 Å². The fraction of sp³-hybridized carbons (Fsp3) is 0.0769. The Morgan fingerprint density at radius 3 is 2.53 bits per heavy atom. The Kier molecular flexibility index (Phi) is 6.01. The number of nitrogens with zero attached hydrogens (tertiary/aromatic N) is 1. The van der Waals surface area contributed by atoms with E-state index < -0.39 is 0 Å². The van der Waals surface area contributed by atoms with E-state index in [4.69, 9.17) is 37.1 Å². The van der Waals surface area contributed by atoms with Crippen molar-refractivity contribution in [2.45, 2.75) is 0 Å². The van der Waals surface area contributed by atoms with Crippen molar-refractivity contribution in [3.05, 3.63) is 88.2 Å². The molecule has 2 aromatic heterocycles. The highest BCUT2D eigenvalue weighted by molar-refractivity contribution is 6.38. The molecule has 0 aliphatic heterocycles. The molecule has 34 heavy (non-hydrogen) atoms. The van der Waals surface area contributed by atoms with Crippen LogP contribution in [0.3, 0.4) is 0 Å². The van der Waals surface area contributed by atoms with Crippen LogP contribution in [0.1, 0.15) is 0 Å². The number of hydrogen-bond acceptors (Lipinski definition) is 5. The third kappa shape index (κ3) is 4.25. The molecule has 0 amide bonds. The number of nitrogens with one attached hydrogen (secondary N) is 2. The Balaban J connectivity index is 1.66. The molecule has 0 saturated carbocycles. The van der Waals surface area contributed by atoms with Crippen molar-refractivity contribution in [3.8, 4) is 22.8 Å². The molecular formula is C26H20Cl2N3O3+. The summed E-state index contributed by atoms with van der Waals surface area (Å²) in [5.74, 6) is 2.49. The predicted molar refractivity (Wildman–Crippen MR) is 134 cm³/mol. The van der Waals surface area contributed by atoms with Crippen LogP contribution in [0.25, 0.3) is 33.2 Å². The average molecular weight is 493 g/mol. The lowest BCUT2D eigenvalue weighted by atomic mass is 10.1. The number of rotatable bonds is 5. The van der Waals surface area contributed by atoms with Crippen LogP contribution < -0.4 is 25.2 Å². The van der Waals surface area contributed by atoms with Crippen molar-refractivity contribution in [2.24, 2.45) is 5.10 Å². The molecule has 5 aromatic rings. The summed E-state index contributed by atoms with van der Waals surface area (Å²) in [7, 11) is 3.18. The number of fused-ring (bicyclic) bond motifs is 2. The number of halogens is 2. The first-order valence-electron chi connectivity index (χ1n) is 10.4. The molecular weight excluding hydrogens is 473 g/mol. The molecule has 6 nitrogen and oxygen atoms in total. The third-order valence-electron chi connectivity index (χ3n) is 5.39. The van der Waals surface area contributed by atoms with Gasteiger partial charge in [-0.05, 0) is 42.5 Å². The maximum Gasteiger partial charge on any atom is 0.297 e. The van der Waals surface area contributed by atoms with Crippen molar-refractivity contribution in [2.75, 3.05) is 19.6 Å². The molecule has 0 spiro atoms. The number of pyridine rings is 1. The second kappa shape index (κ2) is 9.25. The lowest BCUT2D eigenvalue weighted by Crippen LogP contribution is -2.14. The summed E-state index contributed by atoms with van der Waals surface area (Å²) in [4.78, 5) is 3.33. The molecule has 170 valence electrons. The zero-order valence-corrected chi connectivity index (χ0v) is 19.9. The molecule has 0 radical (unpaired) electrons. The summed E-state index contributed by atoms with van der Waals surface area (Å²) in [5.41, 5.74) is 5.34. The molecule has 2 N–H and O–H groups in total. The van der Waals surface area contributed by atoms with Crippen LogP contribution in [-0.4, -0.2) is 14.2 Å². The maximum absolute atomic E-state index is 6.49. The van der Waals surface area contributed by atoms with Gasteiger partial charge < -0.3 is 13.9 Å². The normalized spacial score (nSPS) is 11.7. The second-order valence-corrected chi connectivity index (χ2v) is 8.36. The molecule has 0 bridgehead atoms. The Labute approximate surface area is 205 Å². The van der Waals surface area contributed by atoms with Gasteiger partial charge in [0.05, 0.1) is 19.2 Å². The lowest BCUT2D eigenvalue weighted by molar-refractivity contribution is -0.327. The minimum Gasteiger partial charge on any atom is -0.493 e. The van der Waals surface area contributed by atoms with Crippen LogP contribution in [0.15, 0.2) is 82.3 Å². The quantitative estimate of drug-likeness (QED) is 0.291. The monoisotopic (exact) mass is 492 g/mol. The lowest BCUT2D eigenvalue weighted by Gasteiger charge is -2.10. The molecule has 0 aliphatic carbocycles. The van der Waals surface area contributed by atoms with E-state index in [1.165, 1.54) is 0 Å². The summed E-state index contributed by atoms with van der Waals surface area (Å²) in [6.45, 7) is 0. The molecule has 0 saturated heterocycles. The van der Waals surface area contributed by atoms with E-state index in [2.05, 4.69) is 15.5 Å². The fourth-order valence-corrected chi connectivity index (χ4v) is 4.25. The van der Waals surface area contributed by atoms with E-state index >= 15 is 0 Å². The minimum absolute atomic E-state index is 0.388. The summed E-state index contributed by atoms with van der Waals surface area (Å²) in [5, 5.41) is 7.90. The van der Waals surface area contributed by atoms with E-state index in [1.54, 1.807) is 26.4 Å². The smallest absolute Gasteiger partial charge is 0.297 e. The topological polar surface area (TPSA) is 70.1 Å². The summed E-state index contributed by atoms with van der Waals surface area (Å²) in [6.07, 6.45) is 0. The van der Waals surface area contributed by atoms with E-state index in [1.807, 2.05) is 60.7 Å². The number of aromatic amines is 1. The van der Waals surface area contributed by atoms with Gasteiger partial charge >= 0.3 is 0 Å². The summed E-state index contributed by atoms with van der Waals surface area (Å²) >= 11 is 12.8. The summed E-state index contributed by atoms with van der Waals surface area (Å²) < 4.78 is 17.0. The highest BCUT2D eigenvalue weighted by Crippen LogP contribution is 2.34. The number of benzene rings is 3. The molecule has 3 aromatic carbocycles. The van der Waals surface area contributed by atoms with Crippen LogP contribution in [-0.2, 0) is 0 Å². The number of anilines is 1. The van der Waals surface area contributed by atoms with E-state index in [9.17, 15) is 0 Å². The Morgan fingerprint density at radius 2 is 1.71 bits per heavy atom. The number of hydrogen-bond donors (Lipinski definition) is 1. The van der Waals surface area contributed by atoms with Gasteiger partial charge in [0.15, 0.2) is 17.1 Å². The van der Waals surface area contributed by atoms with Gasteiger partial charge in [0.25, 0.3) is 5.82 Å². The number of ether oxygens (including phenoxy) is 2. The number of methoxy groups -OCH3 is 2. The van der Waals surface area contributed by atoms with Crippen LogP contribution in [0, 0.1) is 0 Å². The van der Waals surface area contributed by atoms with Gasteiger partial charge in [0.1, 0.15) is 16.6 Å². The zero-order chi connectivity index (χ0) is 23.7. The Hall–Kier alpha value is -3.74. The fourth-order valence-electron chi connectivity index (χ4n) is 3.72. The van der Waals surface area contributed by atoms with Crippen molar-refractivity contribution in [3.63, 3.8) is 0 Å². The van der Waals surface area contributed by atoms with E-state index in [0.29, 0.717) is 43.6 Å². The predicted octanol–water partition coefficient (Wildman–Crippen LogP) is 6.32. The minimum atomic E-state index is 0.388. The van der Waals surface area contributed by atoms with Crippen LogP contribution in [0.4, 0.5) is 5.82 Å². The second-order valence-electron chi connectivity index (χ2n) is 7.51. The number of aromatic nitrogens is 1. The molecule has 0 fully saturated rings. The van der Waals surface area contributed by atoms with Gasteiger partial charge in [0.2, 0.25) is 0 Å². The molecule has 0 atom stereocenters. The van der Waals surface area contributed by atoms with Crippen LogP contribution in [0.5, 0.6) is 11.5 Å². The standard InChI is InChI=1S/C26H19Cl2N3O3/c1-32-22-9-7-16(11-24(22)33-2)23-14-21(18-12-17(27)13-19(28)26(18)34-23)30-31-25-10-8-15-5-3-4-6-20(15)29-25/h3-14H,1-2H3,(H,29,31)/p+1. The zero-order valence-electron chi connectivity index (χ0n) is 18.4. The molecule has 0 unspecified atom stereocenters. The van der Waals surface area contributed by atoms with Gasteiger partial charge in [-0.2, -0.15) is 0 Å². The van der Waals surface area contributed by atoms with Crippen LogP contribution >= 0.6 is 23.2 Å². The largest absolute Gasteiger partial charge is 0.493 e. The first-order chi connectivity index (χ1) is 16.6. The van der Waals surface area contributed by atoms with Crippen molar-refractivity contribution in [1.82, 2.24) is 0 Å². The number of para-hydroxylation sites is 1. The van der Waals surface area contributed by atoms with Gasteiger partial charge in [-0.25, -0.2) is 4.98 Å². The third-order valence-corrected chi connectivity index (χ3v) is 5.89. The Bertz CT molecular complexity index is 1600. The molecule has 0 aliphatic rings. The van der Waals surface area contributed by atoms with Crippen molar-refractivity contribution < 1.29 is 18.9 Å². The molecule has 5 rings (SSSR count). The summed E-state index contributed by atoms with van der Waals surface area (Å²) in [6, 6.07) is 22.7. The highest BCUT2D eigenvalue weighted by Gasteiger charge is 2.14.